The van der Waals surface area contributed by atoms with Crippen LogP contribution in [0.5, 0.6) is 0 Å². The minimum absolute atomic E-state index is 0.111. The van der Waals surface area contributed by atoms with Crippen molar-refractivity contribution in [3.05, 3.63) is 45.7 Å². The zero-order valence-corrected chi connectivity index (χ0v) is 13.4. The molecule has 22 heavy (non-hydrogen) atoms. The number of rotatable bonds is 4. The van der Waals surface area contributed by atoms with Crippen LogP contribution in [0.3, 0.4) is 0 Å². The Hall–Kier alpha value is -1.79. The zero-order valence-electron chi connectivity index (χ0n) is 12.6. The van der Waals surface area contributed by atoms with Gasteiger partial charge in [0.2, 0.25) is 0 Å². The van der Waals surface area contributed by atoms with Crippen molar-refractivity contribution in [3.8, 4) is 0 Å². The molecule has 2 N–H and O–H groups in total. The van der Waals surface area contributed by atoms with Crippen molar-refractivity contribution in [2.45, 2.75) is 38.8 Å². The van der Waals surface area contributed by atoms with Gasteiger partial charge in [0.15, 0.2) is 0 Å². The predicted molar refractivity (Wildman–Crippen MR) is 84.8 cm³/mol. The first-order valence-electron chi connectivity index (χ1n) is 7.38. The van der Waals surface area contributed by atoms with E-state index in [0.717, 1.165) is 16.4 Å². The first-order valence-corrected chi connectivity index (χ1v) is 8.20. The number of hydrogen-bond acceptors (Lipinski definition) is 5. The minimum Gasteiger partial charge on any atom is -0.393 e. The fourth-order valence-electron chi connectivity index (χ4n) is 2.84. The third-order valence-electron chi connectivity index (χ3n) is 4.02. The number of hydrogen-bond donors (Lipinski definition) is 2. The van der Waals surface area contributed by atoms with Crippen LogP contribution in [0, 0.1) is 19.8 Å². The summed E-state index contributed by atoms with van der Waals surface area (Å²) in [4.78, 5) is 21.9. The first kappa shape index (κ1) is 15.1. The number of aliphatic hydroxyl groups excluding tert-OH is 1. The highest BCUT2D eigenvalue weighted by Gasteiger charge is 2.36. The van der Waals surface area contributed by atoms with Gasteiger partial charge in [0.05, 0.1) is 28.5 Å². The van der Waals surface area contributed by atoms with Gasteiger partial charge in [-0.1, -0.05) is 6.07 Å². The summed E-state index contributed by atoms with van der Waals surface area (Å²) >= 11 is 1.40. The second kappa shape index (κ2) is 6.14. The fraction of sp³-hybridized carbons (Fsp3) is 0.438. The molecular weight excluding hydrogens is 298 g/mol. The SMILES string of the molecule is Cc1nc(C)c(C(=O)NC(c2ccccn2)C2CC(O)C2)s1. The minimum atomic E-state index is -0.263. The molecule has 5 nitrogen and oxygen atoms in total. The van der Waals surface area contributed by atoms with Gasteiger partial charge < -0.3 is 10.4 Å². The Labute approximate surface area is 133 Å². The average molecular weight is 317 g/mol. The molecule has 2 aromatic rings. The molecule has 0 aliphatic heterocycles. The van der Waals surface area contributed by atoms with E-state index in [9.17, 15) is 9.90 Å². The Kier molecular flexibility index (Phi) is 4.22. The van der Waals surface area contributed by atoms with Gasteiger partial charge in [0.25, 0.3) is 5.91 Å². The maximum Gasteiger partial charge on any atom is 0.263 e. The molecule has 1 atom stereocenters. The molecule has 1 unspecified atom stereocenters. The van der Waals surface area contributed by atoms with Crippen LogP contribution in [0.25, 0.3) is 0 Å². The Morgan fingerprint density at radius 2 is 2.18 bits per heavy atom. The van der Waals surface area contributed by atoms with E-state index in [-0.39, 0.29) is 24.0 Å². The number of pyridine rings is 1. The van der Waals surface area contributed by atoms with Crippen molar-refractivity contribution in [1.82, 2.24) is 15.3 Å². The number of thiazole rings is 1. The number of aliphatic hydroxyl groups is 1. The van der Waals surface area contributed by atoms with Crippen LogP contribution < -0.4 is 5.32 Å². The molecule has 1 fully saturated rings. The van der Waals surface area contributed by atoms with Gasteiger partial charge in [0, 0.05) is 6.20 Å². The lowest BCUT2D eigenvalue weighted by molar-refractivity contribution is 0.0228. The summed E-state index contributed by atoms with van der Waals surface area (Å²) in [5, 5.41) is 13.5. The molecule has 1 aliphatic carbocycles. The molecule has 1 aliphatic rings. The molecule has 1 saturated carbocycles. The Morgan fingerprint density at radius 1 is 1.41 bits per heavy atom. The van der Waals surface area contributed by atoms with Gasteiger partial charge in [-0.3, -0.25) is 9.78 Å². The van der Waals surface area contributed by atoms with Gasteiger partial charge in [-0.05, 0) is 44.7 Å². The van der Waals surface area contributed by atoms with Crippen LogP contribution in [-0.2, 0) is 0 Å². The van der Waals surface area contributed by atoms with E-state index in [0.29, 0.717) is 17.7 Å². The zero-order chi connectivity index (χ0) is 15.7. The highest BCUT2D eigenvalue weighted by Crippen LogP contribution is 2.37. The molecule has 3 rings (SSSR count). The molecule has 0 bridgehead atoms. The lowest BCUT2D eigenvalue weighted by atomic mass is 9.76. The summed E-state index contributed by atoms with van der Waals surface area (Å²) in [5.41, 5.74) is 1.60. The highest BCUT2D eigenvalue weighted by molar-refractivity contribution is 7.13. The third-order valence-corrected chi connectivity index (χ3v) is 5.10. The number of nitrogens with one attached hydrogen (secondary N) is 1. The summed E-state index contributed by atoms with van der Waals surface area (Å²) in [7, 11) is 0. The van der Waals surface area contributed by atoms with Crippen LogP contribution in [0.4, 0.5) is 0 Å². The smallest absolute Gasteiger partial charge is 0.263 e. The van der Waals surface area contributed by atoms with E-state index in [1.807, 2.05) is 32.0 Å². The van der Waals surface area contributed by atoms with Crippen LogP contribution >= 0.6 is 11.3 Å². The van der Waals surface area contributed by atoms with E-state index in [1.54, 1.807) is 6.20 Å². The van der Waals surface area contributed by atoms with E-state index in [1.165, 1.54) is 11.3 Å². The molecule has 1 amide bonds. The lowest BCUT2D eigenvalue weighted by Gasteiger charge is -2.37. The Balaban J connectivity index is 1.81. The Bertz CT molecular complexity index is 665. The van der Waals surface area contributed by atoms with Crippen molar-refractivity contribution in [2.75, 3.05) is 0 Å². The number of carbonyl (C=O) groups is 1. The first-order chi connectivity index (χ1) is 10.5. The average Bonchev–Trinajstić information content (AvgIpc) is 2.81. The number of aromatic nitrogens is 2. The van der Waals surface area contributed by atoms with Gasteiger partial charge in [-0.15, -0.1) is 11.3 Å². The second-order valence-corrected chi connectivity index (χ2v) is 6.94. The summed E-state index contributed by atoms with van der Waals surface area (Å²) in [6, 6.07) is 5.52. The van der Waals surface area contributed by atoms with Crippen molar-refractivity contribution in [2.24, 2.45) is 5.92 Å². The summed E-state index contributed by atoms with van der Waals surface area (Å²) in [6.45, 7) is 3.74. The summed E-state index contributed by atoms with van der Waals surface area (Å²) < 4.78 is 0. The van der Waals surface area contributed by atoms with Crippen LogP contribution in [0.15, 0.2) is 24.4 Å². The molecule has 116 valence electrons. The maximum atomic E-state index is 12.6. The molecule has 2 aromatic heterocycles. The van der Waals surface area contributed by atoms with Crippen molar-refractivity contribution in [1.29, 1.82) is 0 Å². The molecule has 0 radical (unpaired) electrons. The van der Waals surface area contributed by atoms with Gasteiger partial charge in [-0.2, -0.15) is 0 Å². The Morgan fingerprint density at radius 3 is 2.73 bits per heavy atom. The molecule has 6 heteroatoms. The number of amides is 1. The van der Waals surface area contributed by atoms with Crippen LogP contribution in [0.2, 0.25) is 0 Å². The molecule has 0 saturated heterocycles. The predicted octanol–water partition coefficient (Wildman–Crippen LogP) is 2.40. The van der Waals surface area contributed by atoms with Crippen molar-refractivity contribution < 1.29 is 9.90 Å². The van der Waals surface area contributed by atoms with E-state index in [4.69, 9.17) is 0 Å². The van der Waals surface area contributed by atoms with Crippen LogP contribution in [-0.4, -0.2) is 27.1 Å². The van der Waals surface area contributed by atoms with Crippen LogP contribution in [0.1, 0.15) is 45.0 Å². The molecule has 0 aromatic carbocycles. The summed E-state index contributed by atoms with van der Waals surface area (Å²) in [5.74, 6) is 0.114. The van der Waals surface area contributed by atoms with E-state index >= 15 is 0 Å². The van der Waals surface area contributed by atoms with E-state index in [2.05, 4.69) is 15.3 Å². The normalized spacial score (nSPS) is 22.0. The highest BCUT2D eigenvalue weighted by atomic mass is 32.1. The maximum absolute atomic E-state index is 12.6. The largest absolute Gasteiger partial charge is 0.393 e. The van der Waals surface area contributed by atoms with E-state index < -0.39 is 0 Å². The second-order valence-electron chi connectivity index (χ2n) is 5.74. The fourth-order valence-corrected chi connectivity index (χ4v) is 3.67. The topological polar surface area (TPSA) is 75.1 Å². The molecule has 0 spiro atoms. The summed E-state index contributed by atoms with van der Waals surface area (Å²) in [6.07, 6.45) is 2.86. The quantitative estimate of drug-likeness (QED) is 0.908. The van der Waals surface area contributed by atoms with Crippen molar-refractivity contribution in [3.63, 3.8) is 0 Å². The van der Waals surface area contributed by atoms with Gasteiger partial charge in [-0.25, -0.2) is 4.98 Å². The van der Waals surface area contributed by atoms with Crippen molar-refractivity contribution >= 4 is 17.2 Å². The monoisotopic (exact) mass is 317 g/mol. The standard InChI is InChI=1S/C16H19N3O2S/c1-9-15(22-10(2)18-9)16(21)19-14(11-7-12(20)8-11)13-5-3-4-6-17-13/h3-6,11-12,14,20H,7-8H2,1-2H3,(H,19,21). The lowest BCUT2D eigenvalue weighted by Crippen LogP contribution is -2.41. The third kappa shape index (κ3) is 3.03. The number of aryl methyl sites for hydroxylation is 2. The number of carbonyl (C=O) groups excluding carboxylic acids is 1. The molecular formula is C16H19N3O2S. The van der Waals surface area contributed by atoms with Gasteiger partial charge in [0.1, 0.15) is 4.88 Å². The van der Waals surface area contributed by atoms with Gasteiger partial charge >= 0.3 is 0 Å². The molecule has 2 heterocycles. The number of nitrogens with zero attached hydrogens (tertiary/aromatic N) is 2.